The lowest BCUT2D eigenvalue weighted by Crippen LogP contribution is -2.43. The number of benzene rings is 3. The number of aromatic nitrogens is 1. The van der Waals surface area contributed by atoms with Crippen molar-refractivity contribution >= 4 is 39.8 Å². The van der Waals surface area contributed by atoms with Gasteiger partial charge in [-0.15, -0.1) is 0 Å². The lowest BCUT2D eigenvalue weighted by atomic mass is 10.0. The highest BCUT2D eigenvalue weighted by molar-refractivity contribution is 7.80. The van der Waals surface area contributed by atoms with Gasteiger partial charge in [0, 0.05) is 16.6 Å². The minimum absolute atomic E-state index is 0.294. The van der Waals surface area contributed by atoms with Gasteiger partial charge in [-0.3, -0.25) is 15.6 Å². The molecule has 0 saturated heterocycles. The van der Waals surface area contributed by atoms with Crippen LogP contribution in [0.1, 0.15) is 10.4 Å². The summed E-state index contributed by atoms with van der Waals surface area (Å²) in [5.41, 5.74) is 9.21. The van der Waals surface area contributed by atoms with Crippen LogP contribution in [0.2, 0.25) is 0 Å². The number of carbonyl (C=O) groups is 1. The zero-order valence-corrected chi connectivity index (χ0v) is 16.2. The number of pyridine rings is 1. The summed E-state index contributed by atoms with van der Waals surface area (Å²) in [5.74, 6) is -0.294. The molecule has 0 saturated carbocycles. The summed E-state index contributed by atoms with van der Waals surface area (Å²) in [5, 5.41) is 4.09. The highest BCUT2D eigenvalue weighted by atomic mass is 32.1. The molecule has 0 unspecified atom stereocenters. The van der Waals surface area contributed by atoms with Crippen molar-refractivity contribution in [3.8, 4) is 11.3 Å². The molecule has 0 aliphatic heterocycles. The third kappa shape index (κ3) is 4.39. The van der Waals surface area contributed by atoms with E-state index in [1.807, 2.05) is 84.9 Å². The first-order chi connectivity index (χ1) is 14.2. The number of nitrogens with one attached hydrogen (secondary N) is 3. The van der Waals surface area contributed by atoms with Gasteiger partial charge in [-0.2, -0.15) is 0 Å². The summed E-state index contributed by atoms with van der Waals surface area (Å²) >= 11 is 5.25. The number of nitrogens with zero attached hydrogens (tertiary/aromatic N) is 1. The van der Waals surface area contributed by atoms with E-state index in [0.717, 1.165) is 27.8 Å². The van der Waals surface area contributed by atoms with Crippen molar-refractivity contribution in [1.29, 1.82) is 0 Å². The van der Waals surface area contributed by atoms with Gasteiger partial charge < -0.3 is 5.32 Å². The van der Waals surface area contributed by atoms with E-state index in [1.54, 1.807) is 6.07 Å². The fourth-order valence-electron chi connectivity index (χ4n) is 2.98. The molecule has 4 aromatic rings. The summed E-state index contributed by atoms with van der Waals surface area (Å²) in [7, 11) is 0. The van der Waals surface area contributed by atoms with Gasteiger partial charge in [0.05, 0.1) is 16.8 Å². The minimum atomic E-state index is -0.294. The highest BCUT2D eigenvalue weighted by Gasteiger charge is 2.14. The molecule has 0 aliphatic carbocycles. The molecule has 0 aliphatic rings. The van der Waals surface area contributed by atoms with E-state index in [2.05, 4.69) is 16.2 Å². The maximum Gasteiger partial charge on any atom is 0.270 e. The molecule has 3 aromatic carbocycles. The van der Waals surface area contributed by atoms with Crippen LogP contribution in [-0.2, 0) is 0 Å². The average molecular weight is 398 g/mol. The second-order valence-electron chi connectivity index (χ2n) is 6.34. The molecule has 4 rings (SSSR count). The van der Waals surface area contributed by atoms with Gasteiger partial charge in [0.25, 0.3) is 5.91 Å². The number of para-hydroxylation sites is 2. The standard InChI is InChI=1S/C23H18N4OS/c28-22(26-27-23(29)24-17-11-5-2-6-12-17)19-15-21(16-9-3-1-4-10-16)25-20-14-8-7-13-18(19)20/h1-15H,(H,26,28)(H2,24,27,29). The normalized spacial score (nSPS) is 10.3. The van der Waals surface area contributed by atoms with E-state index in [4.69, 9.17) is 17.2 Å². The Morgan fingerprint density at radius 3 is 2.21 bits per heavy atom. The quantitative estimate of drug-likeness (QED) is 0.349. The molecule has 29 heavy (non-hydrogen) atoms. The van der Waals surface area contributed by atoms with Crippen molar-refractivity contribution in [1.82, 2.24) is 15.8 Å². The Bertz CT molecular complexity index is 1160. The predicted octanol–water partition coefficient (Wildman–Crippen LogP) is 4.53. The van der Waals surface area contributed by atoms with E-state index in [1.165, 1.54) is 0 Å². The fourth-order valence-corrected chi connectivity index (χ4v) is 3.15. The van der Waals surface area contributed by atoms with E-state index in [9.17, 15) is 4.79 Å². The second-order valence-corrected chi connectivity index (χ2v) is 6.75. The number of hydrogen-bond acceptors (Lipinski definition) is 3. The van der Waals surface area contributed by atoms with E-state index < -0.39 is 0 Å². The molecule has 142 valence electrons. The van der Waals surface area contributed by atoms with Gasteiger partial charge in [-0.25, -0.2) is 4.98 Å². The Morgan fingerprint density at radius 1 is 0.793 bits per heavy atom. The maximum atomic E-state index is 12.9. The van der Waals surface area contributed by atoms with Crippen molar-refractivity contribution < 1.29 is 4.79 Å². The van der Waals surface area contributed by atoms with Crippen LogP contribution in [0.5, 0.6) is 0 Å². The summed E-state index contributed by atoms with van der Waals surface area (Å²) in [6, 6.07) is 28.6. The first-order valence-corrected chi connectivity index (χ1v) is 9.49. The summed E-state index contributed by atoms with van der Waals surface area (Å²) in [4.78, 5) is 17.6. The van der Waals surface area contributed by atoms with Crippen molar-refractivity contribution in [3.05, 3.63) is 96.6 Å². The van der Waals surface area contributed by atoms with Crippen molar-refractivity contribution in [2.24, 2.45) is 0 Å². The van der Waals surface area contributed by atoms with Crippen LogP contribution in [0.15, 0.2) is 91.0 Å². The van der Waals surface area contributed by atoms with E-state index in [-0.39, 0.29) is 5.91 Å². The predicted molar refractivity (Wildman–Crippen MR) is 120 cm³/mol. The molecule has 3 N–H and O–H groups in total. The van der Waals surface area contributed by atoms with Crippen molar-refractivity contribution in [2.75, 3.05) is 5.32 Å². The highest BCUT2D eigenvalue weighted by Crippen LogP contribution is 2.24. The Balaban J connectivity index is 1.57. The minimum Gasteiger partial charge on any atom is -0.331 e. The first-order valence-electron chi connectivity index (χ1n) is 9.08. The Kier molecular flexibility index (Phi) is 5.45. The van der Waals surface area contributed by atoms with Crippen LogP contribution >= 0.6 is 12.2 Å². The van der Waals surface area contributed by atoms with Crippen LogP contribution in [0, 0.1) is 0 Å². The third-order valence-electron chi connectivity index (χ3n) is 4.35. The molecule has 6 heteroatoms. The number of thiocarbonyl (C=S) groups is 1. The lowest BCUT2D eigenvalue weighted by Gasteiger charge is -2.13. The molecular weight excluding hydrogens is 380 g/mol. The van der Waals surface area contributed by atoms with Crippen LogP contribution in [0.4, 0.5) is 5.69 Å². The van der Waals surface area contributed by atoms with Gasteiger partial charge in [0.2, 0.25) is 0 Å². The van der Waals surface area contributed by atoms with Crippen LogP contribution in [0.25, 0.3) is 22.2 Å². The zero-order valence-electron chi connectivity index (χ0n) is 15.4. The fraction of sp³-hybridized carbons (Fsp3) is 0. The van der Waals surface area contributed by atoms with Crippen LogP contribution < -0.4 is 16.2 Å². The monoisotopic (exact) mass is 398 g/mol. The molecule has 0 atom stereocenters. The van der Waals surface area contributed by atoms with E-state index in [0.29, 0.717) is 10.7 Å². The van der Waals surface area contributed by atoms with Gasteiger partial charge in [0.15, 0.2) is 5.11 Å². The Morgan fingerprint density at radius 2 is 1.45 bits per heavy atom. The molecule has 0 bridgehead atoms. The number of rotatable bonds is 3. The van der Waals surface area contributed by atoms with Gasteiger partial charge >= 0.3 is 0 Å². The first kappa shape index (κ1) is 18.6. The van der Waals surface area contributed by atoms with Crippen LogP contribution in [-0.4, -0.2) is 16.0 Å². The van der Waals surface area contributed by atoms with Crippen molar-refractivity contribution in [3.63, 3.8) is 0 Å². The lowest BCUT2D eigenvalue weighted by molar-refractivity contribution is 0.0946. The van der Waals surface area contributed by atoms with Gasteiger partial charge in [-0.1, -0.05) is 66.7 Å². The number of anilines is 1. The summed E-state index contributed by atoms with van der Waals surface area (Å²) in [6.45, 7) is 0. The van der Waals surface area contributed by atoms with Crippen LogP contribution in [0.3, 0.4) is 0 Å². The molecule has 1 amide bonds. The molecular formula is C23H18N4OS. The summed E-state index contributed by atoms with van der Waals surface area (Å²) in [6.07, 6.45) is 0. The van der Waals surface area contributed by atoms with E-state index >= 15 is 0 Å². The maximum absolute atomic E-state index is 12.9. The number of hydrogen-bond donors (Lipinski definition) is 3. The Hall–Kier alpha value is -3.77. The molecule has 1 heterocycles. The Labute approximate surface area is 173 Å². The van der Waals surface area contributed by atoms with Gasteiger partial charge in [-0.05, 0) is 36.5 Å². The zero-order chi connectivity index (χ0) is 20.1. The SMILES string of the molecule is O=C(NNC(=S)Nc1ccccc1)c1cc(-c2ccccc2)nc2ccccc12. The third-order valence-corrected chi connectivity index (χ3v) is 4.56. The molecule has 0 radical (unpaired) electrons. The van der Waals surface area contributed by atoms with Crippen molar-refractivity contribution in [2.45, 2.75) is 0 Å². The number of carbonyl (C=O) groups excluding carboxylic acids is 1. The largest absolute Gasteiger partial charge is 0.331 e. The van der Waals surface area contributed by atoms with Gasteiger partial charge in [0.1, 0.15) is 0 Å². The second kappa shape index (κ2) is 8.50. The average Bonchev–Trinajstić information content (AvgIpc) is 2.78. The molecule has 5 nitrogen and oxygen atoms in total. The number of fused-ring (bicyclic) bond motifs is 1. The topological polar surface area (TPSA) is 66.1 Å². The summed E-state index contributed by atoms with van der Waals surface area (Å²) < 4.78 is 0. The number of amides is 1. The smallest absolute Gasteiger partial charge is 0.270 e. The molecule has 0 fully saturated rings. The molecule has 0 spiro atoms. The molecule has 1 aromatic heterocycles. The number of hydrazine groups is 1.